The first-order valence-corrected chi connectivity index (χ1v) is 6.93. The number of rotatable bonds is 3. The minimum atomic E-state index is 0.0399. The molecule has 1 heterocycles. The topological polar surface area (TPSA) is 38.5 Å². The predicted molar refractivity (Wildman–Crippen MR) is 70.7 cm³/mol. The molecule has 3 heteroatoms. The largest absolute Gasteiger partial charge is 0.496 e. The van der Waals surface area contributed by atoms with Crippen LogP contribution in [0.15, 0.2) is 11.8 Å². The summed E-state index contributed by atoms with van der Waals surface area (Å²) in [4.78, 5) is 2.34. The molecule has 0 saturated heterocycles. The SMILES string of the molecule is CN(C)C1(C(N)C2=CCCO2)CCCCCC1. The van der Waals surface area contributed by atoms with Gasteiger partial charge in [-0.1, -0.05) is 25.7 Å². The molecule has 3 nitrogen and oxygen atoms in total. The first-order chi connectivity index (χ1) is 8.17. The number of hydrogen-bond acceptors (Lipinski definition) is 3. The molecule has 1 aliphatic carbocycles. The van der Waals surface area contributed by atoms with Gasteiger partial charge in [0.1, 0.15) is 5.76 Å². The number of likely N-dealkylation sites (N-methyl/N-ethyl adjacent to an activating group) is 1. The summed E-state index contributed by atoms with van der Waals surface area (Å²) in [5, 5.41) is 0. The van der Waals surface area contributed by atoms with Crippen LogP contribution in [-0.4, -0.2) is 37.2 Å². The molecular weight excluding hydrogens is 212 g/mol. The molecule has 0 aromatic heterocycles. The molecule has 1 fully saturated rings. The molecule has 98 valence electrons. The van der Waals surface area contributed by atoms with Crippen LogP contribution in [0.4, 0.5) is 0 Å². The molecule has 1 unspecified atom stereocenters. The molecule has 1 aliphatic heterocycles. The van der Waals surface area contributed by atoms with Crippen molar-refractivity contribution in [1.82, 2.24) is 4.90 Å². The Kier molecular flexibility index (Phi) is 4.10. The summed E-state index contributed by atoms with van der Waals surface area (Å²) in [5.41, 5.74) is 6.63. The van der Waals surface area contributed by atoms with E-state index in [0.717, 1.165) is 18.8 Å². The fourth-order valence-electron chi connectivity index (χ4n) is 3.30. The Morgan fingerprint density at radius 3 is 2.35 bits per heavy atom. The third-order valence-electron chi connectivity index (χ3n) is 4.48. The van der Waals surface area contributed by atoms with E-state index in [1.54, 1.807) is 0 Å². The van der Waals surface area contributed by atoms with Crippen molar-refractivity contribution in [2.75, 3.05) is 20.7 Å². The zero-order valence-electron chi connectivity index (χ0n) is 11.2. The van der Waals surface area contributed by atoms with Crippen LogP contribution < -0.4 is 5.73 Å². The fourth-order valence-corrected chi connectivity index (χ4v) is 3.30. The zero-order valence-corrected chi connectivity index (χ0v) is 11.2. The highest BCUT2D eigenvalue weighted by molar-refractivity contribution is 5.16. The van der Waals surface area contributed by atoms with Crippen molar-refractivity contribution < 1.29 is 4.74 Å². The van der Waals surface area contributed by atoms with Crippen molar-refractivity contribution in [2.45, 2.75) is 56.5 Å². The number of nitrogens with two attached hydrogens (primary N) is 1. The second-order valence-electron chi connectivity index (χ2n) is 5.63. The van der Waals surface area contributed by atoms with Gasteiger partial charge >= 0.3 is 0 Å². The van der Waals surface area contributed by atoms with Gasteiger partial charge in [0.25, 0.3) is 0 Å². The van der Waals surface area contributed by atoms with Crippen molar-refractivity contribution in [3.05, 3.63) is 11.8 Å². The molecule has 2 rings (SSSR count). The second kappa shape index (κ2) is 5.40. The Hall–Kier alpha value is -0.540. The summed E-state index contributed by atoms with van der Waals surface area (Å²) in [7, 11) is 4.33. The van der Waals surface area contributed by atoms with E-state index < -0.39 is 0 Å². The number of hydrogen-bond donors (Lipinski definition) is 1. The summed E-state index contributed by atoms with van der Waals surface area (Å²) >= 11 is 0. The van der Waals surface area contributed by atoms with Crippen molar-refractivity contribution in [3.8, 4) is 0 Å². The molecule has 17 heavy (non-hydrogen) atoms. The summed E-state index contributed by atoms with van der Waals surface area (Å²) < 4.78 is 5.69. The van der Waals surface area contributed by atoms with E-state index in [1.165, 1.54) is 38.5 Å². The Bertz CT molecular complexity index is 278. The van der Waals surface area contributed by atoms with Gasteiger partial charge in [-0.15, -0.1) is 0 Å². The van der Waals surface area contributed by atoms with Crippen LogP contribution in [0.2, 0.25) is 0 Å². The lowest BCUT2D eigenvalue weighted by atomic mass is 9.80. The monoisotopic (exact) mass is 238 g/mol. The molecule has 0 amide bonds. The smallest absolute Gasteiger partial charge is 0.111 e. The molecule has 0 aromatic rings. The highest BCUT2D eigenvalue weighted by Crippen LogP contribution is 2.36. The van der Waals surface area contributed by atoms with Crippen LogP contribution in [0.25, 0.3) is 0 Å². The average molecular weight is 238 g/mol. The fraction of sp³-hybridized carbons (Fsp3) is 0.857. The van der Waals surface area contributed by atoms with Crippen molar-refractivity contribution >= 4 is 0 Å². The lowest BCUT2D eigenvalue weighted by molar-refractivity contribution is 0.0815. The lowest BCUT2D eigenvalue weighted by Crippen LogP contribution is -2.58. The van der Waals surface area contributed by atoms with E-state index in [9.17, 15) is 0 Å². The van der Waals surface area contributed by atoms with Gasteiger partial charge in [-0.05, 0) is 33.0 Å². The third kappa shape index (κ3) is 2.50. The maximum Gasteiger partial charge on any atom is 0.111 e. The van der Waals surface area contributed by atoms with E-state index in [4.69, 9.17) is 10.5 Å². The third-order valence-corrected chi connectivity index (χ3v) is 4.48. The normalized spacial score (nSPS) is 26.2. The quantitative estimate of drug-likeness (QED) is 0.767. The van der Waals surface area contributed by atoms with Gasteiger partial charge in [0.05, 0.1) is 12.6 Å². The Morgan fingerprint density at radius 1 is 1.24 bits per heavy atom. The van der Waals surface area contributed by atoms with E-state index in [1.807, 2.05) is 0 Å². The minimum absolute atomic E-state index is 0.0399. The summed E-state index contributed by atoms with van der Waals surface area (Å²) in [6, 6.07) is 0.0399. The molecule has 0 bridgehead atoms. The second-order valence-corrected chi connectivity index (χ2v) is 5.63. The molecular formula is C14H26N2O. The standard InChI is InChI=1S/C14H26N2O/c1-16(2)14(9-5-3-4-6-10-14)13(15)12-8-7-11-17-12/h8,13H,3-7,9-11,15H2,1-2H3. The van der Waals surface area contributed by atoms with E-state index in [-0.39, 0.29) is 11.6 Å². The van der Waals surface area contributed by atoms with Gasteiger partial charge in [0.2, 0.25) is 0 Å². The molecule has 2 aliphatic rings. The molecule has 0 aromatic carbocycles. The molecule has 0 radical (unpaired) electrons. The van der Waals surface area contributed by atoms with Crippen LogP contribution in [0.3, 0.4) is 0 Å². The Morgan fingerprint density at radius 2 is 1.88 bits per heavy atom. The van der Waals surface area contributed by atoms with Gasteiger partial charge in [-0.3, -0.25) is 0 Å². The van der Waals surface area contributed by atoms with Gasteiger partial charge in [-0.25, -0.2) is 0 Å². The first kappa shape index (κ1) is 12.9. The van der Waals surface area contributed by atoms with Crippen molar-refractivity contribution in [3.63, 3.8) is 0 Å². The number of nitrogens with zero attached hydrogens (tertiary/aromatic N) is 1. The van der Waals surface area contributed by atoms with E-state index >= 15 is 0 Å². The van der Waals surface area contributed by atoms with Gasteiger partial charge in [0.15, 0.2) is 0 Å². The van der Waals surface area contributed by atoms with Crippen LogP contribution in [-0.2, 0) is 4.74 Å². The van der Waals surface area contributed by atoms with Gasteiger partial charge < -0.3 is 15.4 Å². The molecule has 1 atom stereocenters. The van der Waals surface area contributed by atoms with Crippen LogP contribution >= 0.6 is 0 Å². The minimum Gasteiger partial charge on any atom is -0.496 e. The highest BCUT2D eigenvalue weighted by Gasteiger charge is 2.41. The van der Waals surface area contributed by atoms with Crippen molar-refractivity contribution in [1.29, 1.82) is 0 Å². The summed E-state index contributed by atoms with van der Waals surface area (Å²) in [5.74, 6) is 1.03. The van der Waals surface area contributed by atoms with Crippen LogP contribution in [0, 0.1) is 0 Å². The van der Waals surface area contributed by atoms with Crippen LogP contribution in [0.5, 0.6) is 0 Å². The van der Waals surface area contributed by atoms with Gasteiger partial charge in [0, 0.05) is 12.0 Å². The predicted octanol–water partition coefficient (Wildman–Crippen LogP) is 2.27. The summed E-state index contributed by atoms with van der Waals surface area (Å²) in [6.07, 6.45) is 10.9. The van der Waals surface area contributed by atoms with E-state index in [0.29, 0.717) is 0 Å². The molecule has 0 spiro atoms. The number of ether oxygens (including phenoxy) is 1. The van der Waals surface area contributed by atoms with Crippen molar-refractivity contribution in [2.24, 2.45) is 5.73 Å². The van der Waals surface area contributed by atoms with E-state index in [2.05, 4.69) is 25.1 Å². The maximum absolute atomic E-state index is 6.52. The summed E-state index contributed by atoms with van der Waals surface area (Å²) in [6.45, 7) is 0.812. The average Bonchev–Trinajstić information content (AvgIpc) is 2.72. The zero-order chi connectivity index (χ0) is 12.3. The molecule has 1 saturated carbocycles. The highest BCUT2D eigenvalue weighted by atomic mass is 16.5. The first-order valence-electron chi connectivity index (χ1n) is 6.93. The Labute approximate surface area is 105 Å². The lowest BCUT2D eigenvalue weighted by Gasteiger charge is -2.44. The Balaban J connectivity index is 2.19. The molecule has 2 N–H and O–H groups in total. The van der Waals surface area contributed by atoms with Crippen LogP contribution in [0.1, 0.15) is 44.9 Å². The van der Waals surface area contributed by atoms with Gasteiger partial charge in [-0.2, -0.15) is 0 Å². The maximum atomic E-state index is 6.52.